The van der Waals surface area contributed by atoms with E-state index in [0.29, 0.717) is 23.4 Å². The van der Waals surface area contributed by atoms with Crippen LogP contribution in [-0.4, -0.2) is 11.6 Å². The summed E-state index contributed by atoms with van der Waals surface area (Å²) >= 11 is 0. The van der Waals surface area contributed by atoms with E-state index in [1.54, 1.807) is 0 Å². The van der Waals surface area contributed by atoms with E-state index in [4.69, 9.17) is 0 Å². The third kappa shape index (κ3) is 2.05. The van der Waals surface area contributed by atoms with Crippen LogP contribution in [0.2, 0.25) is 0 Å². The molecule has 0 heterocycles. The molecule has 0 bridgehead atoms. The Bertz CT molecular complexity index is 496. The molecule has 4 aliphatic carbocycles. The minimum atomic E-state index is 0.282. The monoisotopic (exact) mass is 302 g/mol. The Labute approximate surface area is 134 Å². The molecule has 22 heavy (non-hydrogen) atoms. The van der Waals surface area contributed by atoms with Gasteiger partial charge >= 0.3 is 0 Å². The first-order valence-electron chi connectivity index (χ1n) is 9.53. The van der Waals surface area contributed by atoms with Crippen molar-refractivity contribution in [2.45, 2.75) is 71.6 Å². The Balaban J connectivity index is 1.58. The van der Waals surface area contributed by atoms with E-state index in [1.807, 2.05) is 6.92 Å². The Morgan fingerprint density at radius 3 is 2.59 bits per heavy atom. The zero-order chi connectivity index (χ0) is 15.5. The van der Waals surface area contributed by atoms with Gasteiger partial charge in [0.05, 0.1) is 0 Å². The number of carbonyl (C=O) groups excluding carboxylic acids is 2. The number of fused-ring (bicyclic) bond motifs is 5. The van der Waals surface area contributed by atoms with E-state index in [0.717, 1.165) is 49.4 Å². The van der Waals surface area contributed by atoms with Crippen molar-refractivity contribution in [1.82, 2.24) is 0 Å². The van der Waals surface area contributed by atoms with Crippen LogP contribution in [0.5, 0.6) is 0 Å². The standard InChI is InChI=1S/C20H30O2/c1-12(21)18-7-8-19-17-5-3-13-11-14(22)4-6-15(13)16(17)9-10-20(18,19)2/h13,15-19H,3-11H2,1-2H3/t13-,15+,16+,17-,18+,19-,20-/m1/s1. The fraction of sp³-hybridized carbons (Fsp3) is 0.900. The van der Waals surface area contributed by atoms with E-state index in [1.165, 1.54) is 32.1 Å². The topological polar surface area (TPSA) is 34.1 Å². The maximum absolute atomic E-state index is 12.1. The van der Waals surface area contributed by atoms with Crippen LogP contribution in [0, 0.1) is 40.9 Å². The van der Waals surface area contributed by atoms with E-state index >= 15 is 0 Å². The molecule has 2 heteroatoms. The molecular weight excluding hydrogens is 272 g/mol. The lowest BCUT2D eigenvalue weighted by Gasteiger charge is -2.55. The van der Waals surface area contributed by atoms with Crippen molar-refractivity contribution in [3.63, 3.8) is 0 Å². The van der Waals surface area contributed by atoms with Gasteiger partial charge in [0.1, 0.15) is 11.6 Å². The summed E-state index contributed by atoms with van der Waals surface area (Å²) in [6.45, 7) is 4.23. The quantitative estimate of drug-likeness (QED) is 0.719. The smallest absolute Gasteiger partial charge is 0.133 e. The highest BCUT2D eigenvalue weighted by Crippen LogP contribution is 2.64. The van der Waals surface area contributed by atoms with E-state index in [9.17, 15) is 9.59 Å². The van der Waals surface area contributed by atoms with Gasteiger partial charge in [0, 0.05) is 18.8 Å². The van der Waals surface area contributed by atoms with Gasteiger partial charge in [0.25, 0.3) is 0 Å². The minimum absolute atomic E-state index is 0.282. The molecule has 0 aromatic rings. The highest BCUT2D eigenvalue weighted by molar-refractivity contribution is 5.80. The molecule has 0 N–H and O–H groups in total. The molecule has 0 aliphatic heterocycles. The van der Waals surface area contributed by atoms with Gasteiger partial charge in [-0.15, -0.1) is 0 Å². The van der Waals surface area contributed by atoms with Crippen molar-refractivity contribution in [3.8, 4) is 0 Å². The van der Waals surface area contributed by atoms with E-state index < -0.39 is 0 Å². The van der Waals surface area contributed by atoms with Gasteiger partial charge < -0.3 is 0 Å². The minimum Gasteiger partial charge on any atom is -0.300 e. The second-order valence-electron chi connectivity index (χ2n) is 9.00. The Morgan fingerprint density at radius 2 is 1.82 bits per heavy atom. The van der Waals surface area contributed by atoms with Crippen molar-refractivity contribution < 1.29 is 9.59 Å². The summed E-state index contributed by atoms with van der Waals surface area (Å²) in [5.41, 5.74) is 0.282. The molecule has 0 aromatic heterocycles. The van der Waals surface area contributed by atoms with Crippen molar-refractivity contribution in [2.24, 2.45) is 40.9 Å². The molecule has 7 atom stereocenters. The third-order valence-electron chi connectivity index (χ3n) is 8.26. The largest absolute Gasteiger partial charge is 0.300 e. The zero-order valence-corrected chi connectivity index (χ0v) is 14.1. The molecule has 4 rings (SSSR count). The first-order valence-corrected chi connectivity index (χ1v) is 9.53. The number of rotatable bonds is 1. The second-order valence-corrected chi connectivity index (χ2v) is 9.00. The Hall–Kier alpha value is -0.660. The highest BCUT2D eigenvalue weighted by atomic mass is 16.1. The van der Waals surface area contributed by atoms with Crippen LogP contribution in [0.15, 0.2) is 0 Å². The molecule has 122 valence electrons. The van der Waals surface area contributed by atoms with Crippen molar-refractivity contribution in [1.29, 1.82) is 0 Å². The molecule has 4 aliphatic rings. The summed E-state index contributed by atoms with van der Waals surface area (Å²) < 4.78 is 0. The summed E-state index contributed by atoms with van der Waals surface area (Å²) in [6.07, 6.45) is 10.4. The van der Waals surface area contributed by atoms with Gasteiger partial charge in [0.2, 0.25) is 0 Å². The summed E-state index contributed by atoms with van der Waals surface area (Å²) in [5.74, 6) is 5.25. The van der Waals surface area contributed by atoms with Gasteiger partial charge in [-0.1, -0.05) is 6.92 Å². The van der Waals surface area contributed by atoms with Crippen LogP contribution < -0.4 is 0 Å². The molecule has 0 saturated heterocycles. The average Bonchev–Trinajstić information content (AvgIpc) is 2.84. The molecule has 4 saturated carbocycles. The molecular formula is C20H30O2. The van der Waals surface area contributed by atoms with Crippen LogP contribution >= 0.6 is 0 Å². The van der Waals surface area contributed by atoms with Crippen molar-refractivity contribution in [2.75, 3.05) is 0 Å². The first kappa shape index (κ1) is 14.9. The summed E-state index contributed by atoms with van der Waals surface area (Å²) in [6, 6.07) is 0. The number of Topliss-reactive ketones (excluding diaryl/α,β-unsaturated/α-hetero) is 2. The SMILES string of the molecule is CC(=O)[C@@H]1CC[C@@H]2[C@@H]3CC[C@@H]4CC(=O)CC[C@@H]4[C@@H]3CC[C@@]21C. The number of hydrogen-bond donors (Lipinski definition) is 0. The number of hydrogen-bond acceptors (Lipinski definition) is 2. The first-order chi connectivity index (χ1) is 10.5. The van der Waals surface area contributed by atoms with Gasteiger partial charge in [-0.3, -0.25) is 9.59 Å². The van der Waals surface area contributed by atoms with Crippen LogP contribution in [0.3, 0.4) is 0 Å². The average molecular weight is 302 g/mol. The predicted molar refractivity (Wildman–Crippen MR) is 86.3 cm³/mol. The van der Waals surface area contributed by atoms with Crippen LogP contribution in [0.1, 0.15) is 71.6 Å². The fourth-order valence-electron chi connectivity index (χ4n) is 7.33. The molecule has 4 fully saturated rings. The van der Waals surface area contributed by atoms with Gasteiger partial charge in [0.15, 0.2) is 0 Å². The van der Waals surface area contributed by atoms with E-state index in [-0.39, 0.29) is 5.41 Å². The lowest BCUT2D eigenvalue weighted by molar-refractivity contribution is -0.132. The molecule has 0 amide bonds. The zero-order valence-electron chi connectivity index (χ0n) is 14.1. The Morgan fingerprint density at radius 1 is 1.00 bits per heavy atom. The normalized spacial score (nSPS) is 50.9. The van der Waals surface area contributed by atoms with Crippen LogP contribution in [-0.2, 0) is 9.59 Å². The number of carbonyl (C=O) groups is 2. The molecule has 0 radical (unpaired) electrons. The lowest BCUT2D eigenvalue weighted by Crippen LogP contribution is -2.49. The third-order valence-corrected chi connectivity index (χ3v) is 8.26. The number of ketones is 2. The summed E-state index contributed by atoms with van der Waals surface area (Å²) in [7, 11) is 0. The maximum atomic E-state index is 12.1. The van der Waals surface area contributed by atoms with Gasteiger partial charge in [-0.2, -0.15) is 0 Å². The van der Waals surface area contributed by atoms with Crippen molar-refractivity contribution in [3.05, 3.63) is 0 Å². The predicted octanol–water partition coefficient (Wildman–Crippen LogP) is 4.41. The molecule has 2 nitrogen and oxygen atoms in total. The van der Waals surface area contributed by atoms with E-state index in [2.05, 4.69) is 6.92 Å². The van der Waals surface area contributed by atoms with Gasteiger partial charge in [-0.25, -0.2) is 0 Å². The maximum Gasteiger partial charge on any atom is 0.133 e. The van der Waals surface area contributed by atoms with Gasteiger partial charge in [-0.05, 0) is 86.9 Å². The van der Waals surface area contributed by atoms with Crippen molar-refractivity contribution >= 4 is 11.6 Å². The molecule has 0 aromatic carbocycles. The molecule has 0 spiro atoms. The van der Waals surface area contributed by atoms with Crippen LogP contribution in [0.4, 0.5) is 0 Å². The Kier molecular flexibility index (Phi) is 3.51. The lowest BCUT2D eigenvalue weighted by atomic mass is 9.49. The summed E-state index contributed by atoms with van der Waals surface area (Å²) in [5, 5.41) is 0. The molecule has 0 unspecified atom stereocenters. The fourth-order valence-corrected chi connectivity index (χ4v) is 7.33. The summed E-state index contributed by atoms with van der Waals surface area (Å²) in [4.78, 5) is 23.9. The highest BCUT2D eigenvalue weighted by Gasteiger charge is 2.57. The van der Waals surface area contributed by atoms with Crippen LogP contribution in [0.25, 0.3) is 0 Å². The second kappa shape index (κ2) is 5.18.